The minimum atomic E-state index is -0.481. The molecule has 0 fully saturated rings. The van der Waals surface area contributed by atoms with Crippen molar-refractivity contribution < 1.29 is 14.6 Å². The first-order valence-corrected chi connectivity index (χ1v) is 6.82. The summed E-state index contributed by atoms with van der Waals surface area (Å²) >= 11 is 5.96. The lowest BCUT2D eigenvalue weighted by atomic mass is 10.2. The molecule has 0 atom stereocenters. The average Bonchev–Trinajstić information content (AvgIpc) is 2.52. The Labute approximate surface area is 128 Å². The van der Waals surface area contributed by atoms with Crippen LogP contribution in [0.3, 0.4) is 0 Å². The Morgan fingerprint density at radius 1 is 1.19 bits per heavy atom. The molecule has 0 heterocycles. The second-order valence-electron chi connectivity index (χ2n) is 4.57. The van der Waals surface area contributed by atoms with Crippen LogP contribution in [0.2, 0.25) is 5.02 Å². The standard InChI is InChI=1S/C16H16ClNO3/c1-18(15-8-13(10-19)7-14(17)9-15)16(20)21-11-12-5-3-2-4-6-12/h2-9,19H,10-11H2,1H3. The maximum atomic E-state index is 12.0. The van der Waals surface area contributed by atoms with Crippen molar-refractivity contribution >= 4 is 23.4 Å². The van der Waals surface area contributed by atoms with Gasteiger partial charge < -0.3 is 9.84 Å². The summed E-state index contributed by atoms with van der Waals surface area (Å²) in [4.78, 5) is 13.4. The predicted octanol–water partition coefficient (Wildman–Crippen LogP) is 3.61. The van der Waals surface area contributed by atoms with Gasteiger partial charge in [-0.1, -0.05) is 41.9 Å². The van der Waals surface area contributed by atoms with Crippen LogP contribution >= 0.6 is 11.6 Å². The van der Waals surface area contributed by atoms with Crippen molar-refractivity contribution in [3.05, 3.63) is 64.7 Å². The van der Waals surface area contributed by atoms with E-state index < -0.39 is 6.09 Å². The Balaban J connectivity index is 2.03. The molecule has 0 unspecified atom stereocenters. The number of amides is 1. The topological polar surface area (TPSA) is 49.8 Å². The molecule has 0 aliphatic carbocycles. The van der Waals surface area contributed by atoms with Crippen molar-refractivity contribution in [1.29, 1.82) is 0 Å². The van der Waals surface area contributed by atoms with Gasteiger partial charge in [0.2, 0.25) is 0 Å². The van der Waals surface area contributed by atoms with Crippen molar-refractivity contribution in [1.82, 2.24) is 0 Å². The number of anilines is 1. The van der Waals surface area contributed by atoms with E-state index in [4.69, 9.17) is 21.4 Å². The fraction of sp³-hybridized carbons (Fsp3) is 0.188. The van der Waals surface area contributed by atoms with Gasteiger partial charge in [0.15, 0.2) is 0 Å². The highest BCUT2D eigenvalue weighted by atomic mass is 35.5. The first kappa shape index (κ1) is 15.4. The van der Waals surface area contributed by atoms with E-state index in [0.717, 1.165) is 5.56 Å². The third-order valence-electron chi connectivity index (χ3n) is 2.99. The molecule has 1 amide bonds. The Kier molecular flexibility index (Phi) is 5.20. The van der Waals surface area contributed by atoms with Gasteiger partial charge in [-0.15, -0.1) is 0 Å². The minimum absolute atomic E-state index is 0.138. The molecule has 2 rings (SSSR count). The molecule has 0 aromatic heterocycles. The van der Waals surface area contributed by atoms with Crippen LogP contribution in [0.4, 0.5) is 10.5 Å². The third-order valence-corrected chi connectivity index (χ3v) is 3.21. The summed E-state index contributed by atoms with van der Waals surface area (Å²) in [6.07, 6.45) is -0.481. The molecule has 2 aromatic rings. The number of carbonyl (C=O) groups is 1. The average molecular weight is 306 g/mol. The summed E-state index contributed by atoms with van der Waals surface area (Å²) in [5.41, 5.74) is 2.13. The highest BCUT2D eigenvalue weighted by Crippen LogP contribution is 2.22. The molecule has 0 aliphatic heterocycles. The van der Waals surface area contributed by atoms with Crippen molar-refractivity contribution in [2.45, 2.75) is 13.2 Å². The molecule has 1 N–H and O–H groups in total. The van der Waals surface area contributed by atoms with E-state index in [1.54, 1.807) is 25.2 Å². The van der Waals surface area contributed by atoms with Gasteiger partial charge in [0.05, 0.1) is 6.61 Å². The number of aliphatic hydroxyl groups excluding tert-OH is 1. The highest BCUT2D eigenvalue weighted by molar-refractivity contribution is 6.31. The van der Waals surface area contributed by atoms with Crippen LogP contribution in [0.1, 0.15) is 11.1 Å². The number of aliphatic hydroxyl groups is 1. The second-order valence-corrected chi connectivity index (χ2v) is 5.01. The van der Waals surface area contributed by atoms with Crippen molar-refractivity contribution in [3.8, 4) is 0 Å². The number of ether oxygens (including phenoxy) is 1. The van der Waals surface area contributed by atoms with Gasteiger partial charge in [0.25, 0.3) is 0 Å². The van der Waals surface area contributed by atoms with Crippen LogP contribution < -0.4 is 4.90 Å². The summed E-state index contributed by atoms with van der Waals surface area (Å²) in [5, 5.41) is 9.62. The SMILES string of the molecule is CN(C(=O)OCc1ccccc1)c1cc(Cl)cc(CO)c1. The van der Waals surface area contributed by atoms with E-state index in [1.165, 1.54) is 4.90 Å². The number of rotatable bonds is 4. The number of halogens is 1. The monoisotopic (exact) mass is 305 g/mol. The van der Waals surface area contributed by atoms with Crippen LogP contribution in [-0.2, 0) is 18.0 Å². The van der Waals surface area contributed by atoms with E-state index >= 15 is 0 Å². The number of carbonyl (C=O) groups excluding carboxylic acids is 1. The number of nitrogens with zero attached hydrogens (tertiary/aromatic N) is 1. The van der Waals surface area contributed by atoms with Crippen molar-refractivity contribution in [3.63, 3.8) is 0 Å². The summed E-state index contributed by atoms with van der Waals surface area (Å²) in [7, 11) is 1.60. The molecule has 0 saturated heterocycles. The lowest BCUT2D eigenvalue weighted by molar-refractivity contribution is 0.148. The predicted molar refractivity (Wildman–Crippen MR) is 82.4 cm³/mol. The Hall–Kier alpha value is -2.04. The molecule has 0 radical (unpaired) electrons. The fourth-order valence-electron chi connectivity index (χ4n) is 1.84. The molecule has 0 spiro atoms. The van der Waals surface area contributed by atoms with Crippen molar-refractivity contribution in [2.24, 2.45) is 0 Å². The van der Waals surface area contributed by atoms with Gasteiger partial charge in [-0.05, 0) is 29.3 Å². The molecule has 0 saturated carbocycles. The van der Waals surface area contributed by atoms with Gasteiger partial charge in [0.1, 0.15) is 6.61 Å². The molecule has 2 aromatic carbocycles. The zero-order valence-corrected chi connectivity index (χ0v) is 12.4. The quantitative estimate of drug-likeness (QED) is 0.939. The zero-order valence-electron chi connectivity index (χ0n) is 11.6. The molecule has 0 aliphatic rings. The third kappa shape index (κ3) is 4.21. The summed E-state index contributed by atoms with van der Waals surface area (Å²) < 4.78 is 5.24. The van der Waals surface area contributed by atoms with E-state index in [2.05, 4.69) is 0 Å². The summed E-state index contributed by atoms with van der Waals surface area (Å²) in [5.74, 6) is 0. The van der Waals surface area contributed by atoms with E-state index in [1.807, 2.05) is 30.3 Å². The maximum absolute atomic E-state index is 12.0. The lowest BCUT2D eigenvalue weighted by Crippen LogP contribution is -2.27. The molecular formula is C16H16ClNO3. The Morgan fingerprint density at radius 2 is 1.90 bits per heavy atom. The first-order valence-electron chi connectivity index (χ1n) is 6.45. The van der Waals surface area contributed by atoms with Gasteiger partial charge in [0, 0.05) is 17.8 Å². The fourth-order valence-corrected chi connectivity index (χ4v) is 2.09. The molecule has 5 heteroatoms. The normalized spacial score (nSPS) is 10.2. The highest BCUT2D eigenvalue weighted by Gasteiger charge is 2.13. The van der Waals surface area contributed by atoms with Crippen LogP contribution in [0.5, 0.6) is 0 Å². The number of hydrogen-bond donors (Lipinski definition) is 1. The van der Waals surface area contributed by atoms with Crippen LogP contribution in [0, 0.1) is 0 Å². The second kappa shape index (κ2) is 7.11. The van der Waals surface area contributed by atoms with Gasteiger partial charge >= 0.3 is 6.09 Å². The largest absolute Gasteiger partial charge is 0.444 e. The number of benzene rings is 2. The number of hydrogen-bond acceptors (Lipinski definition) is 3. The molecule has 0 bridgehead atoms. The molecular weight excluding hydrogens is 290 g/mol. The summed E-state index contributed by atoms with van der Waals surface area (Å²) in [6.45, 7) is 0.0674. The minimum Gasteiger partial charge on any atom is -0.444 e. The lowest BCUT2D eigenvalue weighted by Gasteiger charge is -2.18. The molecule has 110 valence electrons. The zero-order chi connectivity index (χ0) is 15.2. The van der Waals surface area contributed by atoms with Crippen LogP contribution in [0.15, 0.2) is 48.5 Å². The maximum Gasteiger partial charge on any atom is 0.414 e. The van der Waals surface area contributed by atoms with E-state index in [0.29, 0.717) is 16.3 Å². The van der Waals surface area contributed by atoms with E-state index in [-0.39, 0.29) is 13.2 Å². The van der Waals surface area contributed by atoms with Gasteiger partial charge in [-0.3, -0.25) is 4.90 Å². The molecule has 21 heavy (non-hydrogen) atoms. The Bertz CT molecular complexity index is 616. The van der Waals surface area contributed by atoms with Crippen molar-refractivity contribution in [2.75, 3.05) is 11.9 Å². The van der Waals surface area contributed by atoms with Gasteiger partial charge in [-0.2, -0.15) is 0 Å². The first-order chi connectivity index (χ1) is 10.1. The van der Waals surface area contributed by atoms with Gasteiger partial charge in [-0.25, -0.2) is 4.79 Å². The smallest absolute Gasteiger partial charge is 0.414 e. The van der Waals surface area contributed by atoms with E-state index in [9.17, 15) is 4.79 Å². The summed E-state index contributed by atoms with van der Waals surface area (Å²) in [6, 6.07) is 14.4. The van der Waals surface area contributed by atoms with Crippen LogP contribution in [0.25, 0.3) is 0 Å². The van der Waals surface area contributed by atoms with Crippen LogP contribution in [-0.4, -0.2) is 18.2 Å². The Morgan fingerprint density at radius 3 is 2.57 bits per heavy atom. The molecule has 4 nitrogen and oxygen atoms in total.